The Kier molecular flexibility index (Phi) is 4.46. The molecule has 0 radical (unpaired) electrons. The number of hydrogen-bond donors (Lipinski definition) is 1. The van der Waals surface area contributed by atoms with Crippen molar-refractivity contribution in [3.63, 3.8) is 0 Å². The third kappa shape index (κ3) is 3.44. The second-order valence-electron chi connectivity index (χ2n) is 5.52. The van der Waals surface area contributed by atoms with Crippen molar-refractivity contribution in [3.05, 3.63) is 53.8 Å². The molecular formula is C18H18FNO3. The van der Waals surface area contributed by atoms with Gasteiger partial charge in [0, 0.05) is 5.56 Å². The van der Waals surface area contributed by atoms with Gasteiger partial charge in [0.1, 0.15) is 11.6 Å². The van der Waals surface area contributed by atoms with Gasteiger partial charge in [0.05, 0.1) is 13.2 Å². The number of rotatable bonds is 4. The summed E-state index contributed by atoms with van der Waals surface area (Å²) in [6, 6.07) is 12.3. The molecule has 0 bridgehead atoms. The van der Waals surface area contributed by atoms with E-state index in [1.165, 1.54) is 12.1 Å². The summed E-state index contributed by atoms with van der Waals surface area (Å²) in [6.07, 6.45) is 0.811. The third-order valence-electron chi connectivity index (χ3n) is 4.06. The average Bonchev–Trinajstić information content (AvgIpc) is 2.55. The first-order valence-electron chi connectivity index (χ1n) is 7.59. The third-order valence-corrected chi connectivity index (χ3v) is 4.06. The van der Waals surface area contributed by atoms with Crippen LogP contribution in [0.4, 0.5) is 9.18 Å². The fourth-order valence-corrected chi connectivity index (χ4v) is 2.95. The Hall–Kier alpha value is -2.56. The van der Waals surface area contributed by atoms with Crippen LogP contribution in [0.5, 0.6) is 5.75 Å². The maximum Gasteiger partial charge on any atom is 0.404 e. The molecule has 1 heterocycles. The summed E-state index contributed by atoms with van der Waals surface area (Å²) in [5.74, 6) is 0.814. The van der Waals surface area contributed by atoms with Gasteiger partial charge >= 0.3 is 6.09 Å². The number of carbonyl (C=O) groups excluding carboxylic acids is 1. The molecule has 0 aromatic heterocycles. The van der Waals surface area contributed by atoms with Crippen LogP contribution in [0.2, 0.25) is 0 Å². The van der Waals surface area contributed by atoms with Crippen LogP contribution in [0.3, 0.4) is 0 Å². The Morgan fingerprint density at radius 1 is 1.26 bits per heavy atom. The number of amides is 1. The first-order valence-corrected chi connectivity index (χ1v) is 7.59. The second-order valence-corrected chi connectivity index (χ2v) is 5.52. The predicted octanol–water partition coefficient (Wildman–Crippen LogP) is 3.84. The number of fused-ring (bicyclic) bond motifs is 1. The van der Waals surface area contributed by atoms with Gasteiger partial charge in [0.15, 0.2) is 0 Å². The molecule has 0 fully saturated rings. The number of hydrogen-bond acceptors (Lipinski definition) is 3. The first-order chi connectivity index (χ1) is 11.1. The molecule has 1 amide bonds. The summed E-state index contributed by atoms with van der Waals surface area (Å²) >= 11 is 0. The van der Waals surface area contributed by atoms with Gasteiger partial charge in [0.25, 0.3) is 0 Å². The minimum Gasteiger partial charge on any atom is -0.493 e. The molecule has 3 rings (SSSR count). The van der Waals surface area contributed by atoms with Crippen molar-refractivity contribution < 1.29 is 18.7 Å². The van der Waals surface area contributed by atoms with E-state index in [2.05, 4.69) is 0 Å². The highest BCUT2D eigenvalue weighted by molar-refractivity contribution is 5.73. The zero-order valence-corrected chi connectivity index (χ0v) is 12.6. The van der Waals surface area contributed by atoms with Crippen LogP contribution in [0.1, 0.15) is 24.3 Å². The van der Waals surface area contributed by atoms with Crippen LogP contribution >= 0.6 is 0 Å². The Morgan fingerprint density at radius 2 is 2.04 bits per heavy atom. The molecule has 0 spiro atoms. The van der Waals surface area contributed by atoms with Crippen LogP contribution in [-0.4, -0.2) is 19.3 Å². The number of primary amides is 1. The summed E-state index contributed by atoms with van der Waals surface area (Å²) in [5.41, 5.74) is 7.95. The monoisotopic (exact) mass is 315 g/mol. The number of ether oxygens (including phenoxy) is 2. The number of halogens is 1. The molecule has 2 aromatic rings. The van der Waals surface area contributed by atoms with Crippen molar-refractivity contribution in [1.82, 2.24) is 0 Å². The minimum atomic E-state index is -0.752. The number of nitrogens with two attached hydrogens (primary N) is 1. The molecule has 120 valence electrons. The summed E-state index contributed by atoms with van der Waals surface area (Å²) < 4.78 is 23.8. The zero-order valence-electron chi connectivity index (χ0n) is 12.6. The maximum atomic E-state index is 13.1. The van der Waals surface area contributed by atoms with E-state index in [0.717, 1.165) is 28.9 Å². The van der Waals surface area contributed by atoms with Crippen molar-refractivity contribution in [2.45, 2.75) is 18.8 Å². The lowest BCUT2D eigenvalue weighted by molar-refractivity contribution is 0.149. The first kappa shape index (κ1) is 15.3. The van der Waals surface area contributed by atoms with Crippen LogP contribution in [0, 0.1) is 5.82 Å². The normalized spacial score (nSPS) is 16.3. The summed E-state index contributed by atoms with van der Waals surface area (Å²) in [5, 5.41) is 0. The Balaban J connectivity index is 1.87. The van der Waals surface area contributed by atoms with E-state index in [4.69, 9.17) is 15.2 Å². The highest BCUT2D eigenvalue weighted by atomic mass is 19.1. The lowest BCUT2D eigenvalue weighted by Crippen LogP contribution is -2.19. The SMILES string of the molecule is NC(=O)OCC[C@H]1CCOc2c(-c3ccc(F)cc3)cccc21. The van der Waals surface area contributed by atoms with E-state index >= 15 is 0 Å². The smallest absolute Gasteiger partial charge is 0.404 e. The van der Waals surface area contributed by atoms with Gasteiger partial charge in [0.2, 0.25) is 0 Å². The van der Waals surface area contributed by atoms with Gasteiger partial charge in [-0.05, 0) is 42.0 Å². The van der Waals surface area contributed by atoms with Crippen molar-refractivity contribution in [1.29, 1.82) is 0 Å². The van der Waals surface area contributed by atoms with Crippen LogP contribution in [0.15, 0.2) is 42.5 Å². The molecule has 1 aliphatic rings. The molecule has 0 saturated carbocycles. The molecule has 2 N–H and O–H groups in total. The highest BCUT2D eigenvalue weighted by Crippen LogP contribution is 2.42. The lowest BCUT2D eigenvalue weighted by atomic mass is 9.88. The van der Waals surface area contributed by atoms with Gasteiger partial charge in [-0.15, -0.1) is 0 Å². The van der Waals surface area contributed by atoms with Gasteiger partial charge in [-0.1, -0.05) is 30.3 Å². The van der Waals surface area contributed by atoms with E-state index < -0.39 is 6.09 Å². The van der Waals surface area contributed by atoms with Gasteiger partial charge in [-0.3, -0.25) is 0 Å². The van der Waals surface area contributed by atoms with Crippen LogP contribution < -0.4 is 10.5 Å². The highest BCUT2D eigenvalue weighted by Gasteiger charge is 2.24. The fraction of sp³-hybridized carbons (Fsp3) is 0.278. The van der Waals surface area contributed by atoms with E-state index in [1.807, 2.05) is 18.2 Å². The molecule has 0 aliphatic carbocycles. The quantitative estimate of drug-likeness (QED) is 0.932. The fourth-order valence-electron chi connectivity index (χ4n) is 2.95. The summed E-state index contributed by atoms with van der Waals surface area (Å²) in [7, 11) is 0. The predicted molar refractivity (Wildman–Crippen MR) is 84.8 cm³/mol. The molecule has 1 atom stereocenters. The van der Waals surface area contributed by atoms with E-state index in [1.54, 1.807) is 12.1 Å². The van der Waals surface area contributed by atoms with Crippen molar-refractivity contribution in [2.75, 3.05) is 13.2 Å². The topological polar surface area (TPSA) is 61.6 Å². The second kappa shape index (κ2) is 6.69. The van der Waals surface area contributed by atoms with Crippen molar-refractivity contribution in [2.24, 2.45) is 5.73 Å². The molecule has 0 saturated heterocycles. The van der Waals surface area contributed by atoms with Crippen LogP contribution in [-0.2, 0) is 4.74 Å². The molecule has 0 unspecified atom stereocenters. The Labute approximate surface area is 134 Å². The summed E-state index contributed by atoms with van der Waals surface area (Å²) in [6.45, 7) is 0.895. The molecule has 2 aromatic carbocycles. The Morgan fingerprint density at radius 3 is 2.78 bits per heavy atom. The molecular weight excluding hydrogens is 297 g/mol. The molecule has 5 heteroatoms. The Bertz CT molecular complexity index is 700. The number of carbonyl (C=O) groups is 1. The largest absolute Gasteiger partial charge is 0.493 e. The minimum absolute atomic E-state index is 0.249. The average molecular weight is 315 g/mol. The van der Waals surface area contributed by atoms with E-state index in [9.17, 15) is 9.18 Å². The maximum absolute atomic E-state index is 13.1. The number of benzene rings is 2. The lowest BCUT2D eigenvalue weighted by Gasteiger charge is -2.27. The van der Waals surface area contributed by atoms with Gasteiger partial charge in [-0.25, -0.2) is 9.18 Å². The van der Waals surface area contributed by atoms with Gasteiger partial charge in [-0.2, -0.15) is 0 Å². The van der Waals surface area contributed by atoms with Gasteiger partial charge < -0.3 is 15.2 Å². The van der Waals surface area contributed by atoms with E-state index in [-0.39, 0.29) is 11.7 Å². The molecule has 23 heavy (non-hydrogen) atoms. The summed E-state index contributed by atoms with van der Waals surface area (Å²) in [4.78, 5) is 10.7. The van der Waals surface area contributed by atoms with Crippen molar-refractivity contribution >= 4 is 6.09 Å². The zero-order chi connectivity index (χ0) is 16.2. The molecule has 1 aliphatic heterocycles. The standard InChI is InChI=1S/C18H18FNO3/c19-14-6-4-12(5-7-14)15-2-1-3-16-13(8-10-22-17(15)16)9-11-23-18(20)21/h1-7,13H,8-11H2,(H2,20,21)/t13-/m1/s1. The number of para-hydroxylation sites is 1. The van der Waals surface area contributed by atoms with E-state index in [0.29, 0.717) is 19.6 Å². The molecule has 4 nitrogen and oxygen atoms in total. The van der Waals surface area contributed by atoms with Crippen molar-refractivity contribution in [3.8, 4) is 16.9 Å². The van der Waals surface area contributed by atoms with Crippen LogP contribution in [0.25, 0.3) is 11.1 Å².